The van der Waals surface area contributed by atoms with Crippen LogP contribution in [0.25, 0.3) is 0 Å². The van der Waals surface area contributed by atoms with Gasteiger partial charge in [-0.25, -0.2) is 0 Å². The molecule has 1 unspecified atom stereocenters. The minimum Gasteiger partial charge on any atom is -0.396 e. The summed E-state index contributed by atoms with van der Waals surface area (Å²) in [6, 6.07) is 2.76. The van der Waals surface area contributed by atoms with E-state index in [1.807, 2.05) is 0 Å². The minimum absolute atomic E-state index is 0.294. The fourth-order valence-corrected chi connectivity index (χ4v) is 3.19. The lowest BCUT2D eigenvalue weighted by Gasteiger charge is -2.15. The predicted octanol–water partition coefficient (Wildman–Crippen LogP) is 2.89. The molecule has 114 valence electrons. The van der Waals surface area contributed by atoms with Gasteiger partial charge in [-0.2, -0.15) is 5.10 Å². The molecule has 0 bridgehead atoms. The van der Waals surface area contributed by atoms with Crippen molar-refractivity contribution < 1.29 is 5.11 Å². The third kappa shape index (κ3) is 4.60. The van der Waals surface area contributed by atoms with E-state index in [4.69, 9.17) is 5.11 Å². The van der Waals surface area contributed by atoms with E-state index in [1.54, 1.807) is 0 Å². The van der Waals surface area contributed by atoms with Gasteiger partial charge in [0.25, 0.3) is 0 Å². The SMILES string of the molecule is CCCC(CCO)CNCc1ccn(C2CCCC2)n1. The molecule has 1 saturated carbocycles. The molecular formula is C16H29N3O. The van der Waals surface area contributed by atoms with Crippen molar-refractivity contribution in [3.05, 3.63) is 18.0 Å². The highest BCUT2D eigenvalue weighted by Gasteiger charge is 2.17. The lowest BCUT2D eigenvalue weighted by atomic mass is 10.0. The van der Waals surface area contributed by atoms with Crippen LogP contribution in [0.5, 0.6) is 0 Å². The molecule has 0 radical (unpaired) electrons. The molecular weight excluding hydrogens is 250 g/mol. The third-order valence-corrected chi connectivity index (χ3v) is 4.34. The second kappa shape index (κ2) is 8.42. The van der Waals surface area contributed by atoms with E-state index in [0.29, 0.717) is 18.6 Å². The maximum Gasteiger partial charge on any atom is 0.0762 e. The number of aliphatic hydroxyl groups excluding tert-OH is 1. The summed E-state index contributed by atoms with van der Waals surface area (Å²) >= 11 is 0. The van der Waals surface area contributed by atoms with E-state index in [2.05, 4.69) is 34.3 Å². The first-order chi connectivity index (χ1) is 9.83. The first-order valence-corrected chi connectivity index (χ1v) is 8.19. The zero-order chi connectivity index (χ0) is 14.2. The zero-order valence-electron chi connectivity index (χ0n) is 12.7. The molecule has 0 saturated heterocycles. The van der Waals surface area contributed by atoms with Gasteiger partial charge in [0.2, 0.25) is 0 Å². The summed E-state index contributed by atoms with van der Waals surface area (Å²) in [5.74, 6) is 0.585. The van der Waals surface area contributed by atoms with Crippen molar-refractivity contribution in [3.63, 3.8) is 0 Å². The van der Waals surface area contributed by atoms with Crippen LogP contribution in [0.15, 0.2) is 12.3 Å². The van der Waals surface area contributed by atoms with Crippen molar-refractivity contribution in [3.8, 4) is 0 Å². The molecule has 2 N–H and O–H groups in total. The smallest absolute Gasteiger partial charge is 0.0762 e. The van der Waals surface area contributed by atoms with Crippen molar-refractivity contribution in [2.24, 2.45) is 5.92 Å². The maximum atomic E-state index is 9.06. The average molecular weight is 279 g/mol. The Bertz CT molecular complexity index is 366. The zero-order valence-corrected chi connectivity index (χ0v) is 12.7. The molecule has 0 spiro atoms. The molecule has 1 atom stereocenters. The van der Waals surface area contributed by atoms with E-state index < -0.39 is 0 Å². The highest BCUT2D eigenvalue weighted by Crippen LogP contribution is 2.28. The van der Waals surface area contributed by atoms with Gasteiger partial charge in [0.1, 0.15) is 0 Å². The van der Waals surface area contributed by atoms with Gasteiger partial charge in [0, 0.05) is 19.3 Å². The molecule has 1 aliphatic carbocycles. The van der Waals surface area contributed by atoms with E-state index in [-0.39, 0.29) is 0 Å². The molecule has 1 heterocycles. The van der Waals surface area contributed by atoms with Crippen molar-refractivity contribution >= 4 is 0 Å². The van der Waals surface area contributed by atoms with Crippen molar-refractivity contribution in [2.75, 3.05) is 13.2 Å². The van der Waals surface area contributed by atoms with Gasteiger partial charge in [-0.1, -0.05) is 26.2 Å². The summed E-state index contributed by atoms with van der Waals surface area (Å²) in [6.07, 6.45) is 10.7. The van der Waals surface area contributed by atoms with Gasteiger partial charge in [-0.05, 0) is 44.2 Å². The summed E-state index contributed by atoms with van der Waals surface area (Å²) in [4.78, 5) is 0. The van der Waals surface area contributed by atoms with Crippen LogP contribution < -0.4 is 5.32 Å². The Labute approximate surface area is 122 Å². The van der Waals surface area contributed by atoms with E-state index in [0.717, 1.165) is 25.2 Å². The standard InChI is InChI=1S/C16H29N3O/c1-2-5-14(9-11-20)12-17-13-15-8-10-19(18-15)16-6-3-4-7-16/h8,10,14,16-17,20H,2-7,9,11-13H2,1H3. The second-order valence-electron chi connectivity index (χ2n) is 6.02. The number of nitrogens with zero attached hydrogens (tertiary/aromatic N) is 2. The van der Waals surface area contributed by atoms with Crippen LogP contribution in [-0.4, -0.2) is 28.0 Å². The Morgan fingerprint density at radius 1 is 1.40 bits per heavy atom. The number of hydrogen-bond donors (Lipinski definition) is 2. The summed E-state index contributed by atoms with van der Waals surface area (Å²) in [7, 11) is 0. The number of nitrogens with one attached hydrogen (secondary N) is 1. The molecule has 4 nitrogen and oxygen atoms in total. The average Bonchev–Trinajstić information content (AvgIpc) is 3.10. The van der Waals surface area contributed by atoms with Crippen LogP contribution in [0.1, 0.15) is 63.6 Å². The number of aromatic nitrogens is 2. The van der Waals surface area contributed by atoms with Gasteiger partial charge in [0.05, 0.1) is 11.7 Å². The van der Waals surface area contributed by atoms with Crippen molar-refractivity contribution in [1.82, 2.24) is 15.1 Å². The monoisotopic (exact) mass is 279 g/mol. The fraction of sp³-hybridized carbons (Fsp3) is 0.812. The first-order valence-electron chi connectivity index (χ1n) is 8.19. The van der Waals surface area contributed by atoms with Gasteiger partial charge in [-0.3, -0.25) is 4.68 Å². The molecule has 1 aliphatic rings. The van der Waals surface area contributed by atoms with Gasteiger partial charge in [-0.15, -0.1) is 0 Å². The van der Waals surface area contributed by atoms with Crippen LogP contribution in [0.3, 0.4) is 0 Å². The number of hydrogen-bond acceptors (Lipinski definition) is 3. The van der Waals surface area contributed by atoms with E-state index >= 15 is 0 Å². The summed E-state index contributed by atoms with van der Waals surface area (Å²) in [5, 5.41) is 17.2. The lowest BCUT2D eigenvalue weighted by molar-refractivity contribution is 0.248. The molecule has 0 aliphatic heterocycles. The lowest BCUT2D eigenvalue weighted by Crippen LogP contribution is -2.23. The molecule has 4 heteroatoms. The largest absolute Gasteiger partial charge is 0.396 e. The summed E-state index contributed by atoms with van der Waals surface area (Å²) in [5.41, 5.74) is 1.14. The normalized spacial score (nSPS) is 17.7. The fourth-order valence-electron chi connectivity index (χ4n) is 3.19. The second-order valence-corrected chi connectivity index (χ2v) is 6.02. The molecule has 0 amide bonds. The molecule has 1 fully saturated rings. The Hall–Kier alpha value is -0.870. The van der Waals surface area contributed by atoms with Gasteiger partial charge < -0.3 is 10.4 Å². The van der Waals surface area contributed by atoms with Gasteiger partial charge in [0.15, 0.2) is 0 Å². The Balaban J connectivity index is 1.73. The summed E-state index contributed by atoms with van der Waals surface area (Å²) < 4.78 is 2.15. The third-order valence-electron chi connectivity index (χ3n) is 4.34. The van der Waals surface area contributed by atoms with Crippen molar-refractivity contribution in [2.45, 2.75) is 64.5 Å². The van der Waals surface area contributed by atoms with E-state index in [9.17, 15) is 0 Å². The van der Waals surface area contributed by atoms with Gasteiger partial charge >= 0.3 is 0 Å². The molecule has 1 aromatic rings. The van der Waals surface area contributed by atoms with Crippen LogP contribution in [0.4, 0.5) is 0 Å². The van der Waals surface area contributed by atoms with Crippen LogP contribution in [0, 0.1) is 5.92 Å². The molecule has 2 rings (SSSR count). The van der Waals surface area contributed by atoms with Crippen LogP contribution >= 0.6 is 0 Å². The Morgan fingerprint density at radius 2 is 2.20 bits per heavy atom. The van der Waals surface area contributed by atoms with Crippen LogP contribution in [-0.2, 0) is 6.54 Å². The first kappa shape index (κ1) is 15.5. The molecule has 20 heavy (non-hydrogen) atoms. The van der Waals surface area contributed by atoms with E-state index in [1.165, 1.54) is 38.5 Å². The summed E-state index contributed by atoms with van der Waals surface area (Å²) in [6.45, 7) is 4.31. The Kier molecular flexibility index (Phi) is 6.54. The van der Waals surface area contributed by atoms with Crippen LogP contribution in [0.2, 0.25) is 0 Å². The molecule has 1 aromatic heterocycles. The quantitative estimate of drug-likeness (QED) is 0.731. The minimum atomic E-state index is 0.294. The van der Waals surface area contributed by atoms with Crippen molar-refractivity contribution in [1.29, 1.82) is 0 Å². The highest BCUT2D eigenvalue weighted by atomic mass is 16.3. The maximum absolute atomic E-state index is 9.06. The number of aliphatic hydroxyl groups is 1. The predicted molar refractivity (Wildman–Crippen MR) is 81.5 cm³/mol. The topological polar surface area (TPSA) is 50.1 Å². The Morgan fingerprint density at radius 3 is 2.90 bits per heavy atom. The highest BCUT2D eigenvalue weighted by molar-refractivity contribution is 4.99. The molecule has 0 aromatic carbocycles. The number of rotatable bonds is 9.